The van der Waals surface area contributed by atoms with Crippen LogP contribution in [0.15, 0.2) is 57.9 Å². The van der Waals surface area contributed by atoms with Gasteiger partial charge >= 0.3 is 0 Å². The highest BCUT2D eigenvalue weighted by Gasteiger charge is 2.15. The van der Waals surface area contributed by atoms with Crippen LogP contribution in [0.4, 0.5) is 5.69 Å². The van der Waals surface area contributed by atoms with Gasteiger partial charge < -0.3 is 14.8 Å². The van der Waals surface area contributed by atoms with Crippen molar-refractivity contribution in [3.05, 3.63) is 58.6 Å². The summed E-state index contributed by atoms with van der Waals surface area (Å²) in [7, 11) is -2.15. The van der Waals surface area contributed by atoms with Crippen molar-refractivity contribution in [2.45, 2.75) is 4.90 Å². The molecule has 0 bridgehead atoms. The molecule has 2 aromatic rings. The average molecular weight is 457 g/mol. The van der Waals surface area contributed by atoms with Gasteiger partial charge in [0.25, 0.3) is 15.9 Å². The molecule has 0 radical (unpaired) electrons. The average Bonchev–Trinajstić information content (AvgIpc) is 2.64. The number of hydrogen-bond donors (Lipinski definition) is 2. The Kier molecular flexibility index (Phi) is 8.23. The number of ether oxygens (including phenoxy) is 2. The van der Waals surface area contributed by atoms with Gasteiger partial charge in [-0.3, -0.25) is 9.52 Å². The standard InChI is InChI=1S/C18H21BrN2O5S/c1-25-11-12-26-10-9-20-18(22)14-3-2-4-16(13-14)21-27(23,24)17-7-5-15(19)6-8-17/h2-8,13,21H,9-12H2,1H3,(H,20,22). The first-order chi connectivity index (χ1) is 12.9. The molecule has 0 aliphatic rings. The van der Waals surface area contributed by atoms with Crippen molar-refractivity contribution in [3.63, 3.8) is 0 Å². The van der Waals surface area contributed by atoms with Gasteiger partial charge in [-0.1, -0.05) is 22.0 Å². The molecule has 0 spiro atoms. The Bertz CT molecular complexity index is 856. The van der Waals surface area contributed by atoms with Crippen LogP contribution in [0.25, 0.3) is 0 Å². The number of carbonyl (C=O) groups is 1. The van der Waals surface area contributed by atoms with Crippen LogP contribution in [0, 0.1) is 0 Å². The van der Waals surface area contributed by atoms with Crippen LogP contribution in [0.2, 0.25) is 0 Å². The van der Waals surface area contributed by atoms with Crippen LogP contribution in [0.5, 0.6) is 0 Å². The van der Waals surface area contributed by atoms with Crippen molar-refractivity contribution in [2.75, 3.05) is 38.2 Å². The molecule has 0 aliphatic heterocycles. The summed E-state index contributed by atoms with van der Waals surface area (Å²) in [5.41, 5.74) is 0.657. The zero-order chi connectivity index (χ0) is 19.7. The van der Waals surface area contributed by atoms with Gasteiger partial charge in [0.15, 0.2) is 0 Å². The summed E-state index contributed by atoms with van der Waals surface area (Å²) in [5, 5.41) is 2.72. The maximum atomic E-state index is 12.4. The summed E-state index contributed by atoms with van der Waals surface area (Å²) in [4.78, 5) is 12.3. The molecule has 0 fully saturated rings. The van der Waals surface area contributed by atoms with E-state index >= 15 is 0 Å². The van der Waals surface area contributed by atoms with E-state index in [2.05, 4.69) is 26.0 Å². The molecule has 0 aliphatic carbocycles. The summed E-state index contributed by atoms with van der Waals surface area (Å²) >= 11 is 3.27. The summed E-state index contributed by atoms with van der Waals surface area (Å²) < 4.78 is 38.3. The highest BCUT2D eigenvalue weighted by molar-refractivity contribution is 9.10. The predicted molar refractivity (Wildman–Crippen MR) is 106 cm³/mol. The van der Waals surface area contributed by atoms with Gasteiger partial charge in [0, 0.05) is 29.4 Å². The van der Waals surface area contributed by atoms with Crippen molar-refractivity contribution in [1.82, 2.24) is 5.32 Å². The third-order valence-electron chi connectivity index (χ3n) is 3.46. The van der Waals surface area contributed by atoms with Crippen LogP contribution in [0.1, 0.15) is 10.4 Å². The van der Waals surface area contributed by atoms with Crippen molar-refractivity contribution in [3.8, 4) is 0 Å². The third kappa shape index (κ3) is 6.94. The molecule has 0 aromatic heterocycles. The summed E-state index contributed by atoms with van der Waals surface area (Å²) in [6.45, 7) is 1.66. The number of benzene rings is 2. The van der Waals surface area contributed by atoms with Crippen LogP contribution in [-0.2, 0) is 19.5 Å². The fraction of sp³-hybridized carbons (Fsp3) is 0.278. The van der Waals surface area contributed by atoms with E-state index in [1.165, 1.54) is 18.2 Å². The minimum absolute atomic E-state index is 0.133. The fourth-order valence-electron chi connectivity index (χ4n) is 2.13. The van der Waals surface area contributed by atoms with Crippen LogP contribution in [0.3, 0.4) is 0 Å². The van der Waals surface area contributed by atoms with E-state index in [0.29, 0.717) is 37.6 Å². The summed E-state index contributed by atoms with van der Waals surface area (Å²) in [6.07, 6.45) is 0. The maximum absolute atomic E-state index is 12.4. The topological polar surface area (TPSA) is 93.7 Å². The molecule has 1 amide bonds. The number of methoxy groups -OCH3 is 1. The number of anilines is 1. The highest BCUT2D eigenvalue weighted by Crippen LogP contribution is 2.19. The monoisotopic (exact) mass is 456 g/mol. The van der Waals surface area contributed by atoms with Gasteiger partial charge in [-0.25, -0.2) is 8.42 Å². The van der Waals surface area contributed by atoms with E-state index < -0.39 is 10.0 Å². The Hall–Kier alpha value is -1.94. The van der Waals surface area contributed by atoms with E-state index in [-0.39, 0.29) is 10.8 Å². The molecule has 0 saturated carbocycles. The lowest BCUT2D eigenvalue weighted by atomic mass is 10.2. The smallest absolute Gasteiger partial charge is 0.261 e. The first-order valence-electron chi connectivity index (χ1n) is 8.16. The number of nitrogens with one attached hydrogen (secondary N) is 2. The molecule has 7 nitrogen and oxygen atoms in total. The molecular formula is C18H21BrN2O5S. The predicted octanol–water partition coefficient (Wildman–Crippen LogP) is 2.64. The zero-order valence-electron chi connectivity index (χ0n) is 14.8. The quantitative estimate of drug-likeness (QED) is 0.535. The number of rotatable bonds is 10. The van der Waals surface area contributed by atoms with Crippen molar-refractivity contribution in [1.29, 1.82) is 0 Å². The molecule has 2 N–H and O–H groups in total. The Morgan fingerprint density at radius 3 is 2.52 bits per heavy atom. The molecule has 9 heteroatoms. The Balaban J connectivity index is 1.96. The molecule has 0 atom stereocenters. The molecule has 146 valence electrons. The first-order valence-corrected chi connectivity index (χ1v) is 10.4. The molecule has 0 heterocycles. The van der Waals surface area contributed by atoms with Gasteiger partial charge in [-0.2, -0.15) is 0 Å². The molecular weight excluding hydrogens is 436 g/mol. The summed E-state index contributed by atoms with van der Waals surface area (Å²) in [5.74, 6) is -0.310. The van der Waals surface area contributed by atoms with E-state index in [0.717, 1.165) is 4.47 Å². The molecule has 2 aromatic carbocycles. The second kappa shape index (κ2) is 10.4. The van der Waals surface area contributed by atoms with E-state index in [4.69, 9.17) is 9.47 Å². The third-order valence-corrected chi connectivity index (χ3v) is 5.39. The van der Waals surface area contributed by atoms with E-state index in [1.807, 2.05) is 0 Å². The van der Waals surface area contributed by atoms with Crippen LogP contribution >= 0.6 is 15.9 Å². The Morgan fingerprint density at radius 1 is 1.07 bits per heavy atom. The lowest BCUT2D eigenvalue weighted by Gasteiger charge is -2.10. The van der Waals surface area contributed by atoms with Crippen LogP contribution in [-0.4, -0.2) is 47.8 Å². The lowest BCUT2D eigenvalue weighted by Crippen LogP contribution is -2.27. The molecule has 2 rings (SSSR count). The van der Waals surface area contributed by atoms with Crippen molar-refractivity contribution in [2.24, 2.45) is 0 Å². The Labute approximate surface area is 167 Å². The zero-order valence-corrected chi connectivity index (χ0v) is 17.2. The van der Waals surface area contributed by atoms with Crippen LogP contribution < -0.4 is 10.0 Å². The van der Waals surface area contributed by atoms with Crippen molar-refractivity contribution < 1.29 is 22.7 Å². The number of hydrogen-bond acceptors (Lipinski definition) is 5. The molecule has 27 heavy (non-hydrogen) atoms. The molecule has 0 saturated heterocycles. The second-order valence-corrected chi connectivity index (χ2v) is 8.10. The highest BCUT2D eigenvalue weighted by atomic mass is 79.9. The normalized spacial score (nSPS) is 11.2. The minimum Gasteiger partial charge on any atom is -0.382 e. The van der Waals surface area contributed by atoms with Gasteiger partial charge in [0.2, 0.25) is 0 Å². The SMILES string of the molecule is COCCOCCNC(=O)c1cccc(NS(=O)(=O)c2ccc(Br)cc2)c1. The maximum Gasteiger partial charge on any atom is 0.261 e. The van der Waals surface area contributed by atoms with Gasteiger partial charge in [-0.05, 0) is 42.5 Å². The second-order valence-electron chi connectivity index (χ2n) is 5.50. The number of halogens is 1. The first kappa shape index (κ1) is 21.4. The number of amides is 1. The summed E-state index contributed by atoms with van der Waals surface area (Å²) in [6, 6.07) is 12.6. The fourth-order valence-corrected chi connectivity index (χ4v) is 3.45. The van der Waals surface area contributed by atoms with Crippen molar-refractivity contribution >= 4 is 37.5 Å². The van der Waals surface area contributed by atoms with Gasteiger partial charge in [-0.15, -0.1) is 0 Å². The number of carbonyl (C=O) groups excluding carboxylic acids is 1. The number of sulfonamides is 1. The lowest BCUT2D eigenvalue weighted by molar-refractivity contribution is 0.0692. The largest absolute Gasteiger partial charge is 0.382 e. The Morgan fingerprint density at radius 2 is 1.81 bits per heavy atom. The van der Waals surface area contributed by atoms with E-state index in [9.17, 15) is 13.2 Å². The van der Waals surface area contributed by atoms with Gasteiger partial charge in [0.05, 0.1) is 24.7 Å². The molecule has 0 unspecified atom stereocenters. The van der Waals surface area contributed by atoms with Gasteiger partial charge in [0.1, 0.15) is 0 Å². The minimum atomic E-state index is -3.74. The van der Waals surface area contributed by atoms with E-state index in [1.54, 1.807) is 37.4 Å².